The van der Waals surface area contributed by atoms with Crippen LogP contribution in [0.25, 0.3) is 0 Å². The molecule has 31 heavy (non-hydrogen) atoms. The van der Waals surface area contributed by atoms with E-state index in [4.69, 9.17) is 14.2 Å². The first-order chi connectivity index (χ1) is 14.9. The van der Waals surface area contributed by atoms with Crippen LogP contribution in [0.1, 0.15) is 69.2 Å². The highest BCUT2D eigenvalue weighted by atomic mass is 16.5. The number of nitrogens with one attached hydrogen (secondary N) is 1. The van der Waals surface area contributed by atoms with Crippen molar-refractivity contribution in [2.24, 2.45) is 0 Å². The molecule has 1 N–H and O–H groups in total. The summed E-state index contributed by atoms with van der Waals surface area (Å²) in [4.78, 5) is 13.2. The van der Waals surface area contributed by atoms with Crippen molar-refractivity contribution in [2.45, 2.75) is 77.0 Å². The van der Waals surface area contributed by atoms with E-state index in [0.29, 0.717) is 12.8 Å². The van der Waals surface area contributed by atoms with Crippen molar-refractivity contribution < 1.29 is 19.0 Å². The first kappa shape index (κ1) is 21.5. The molecule has 0 saturated heterocycles. The van der Waals surface area contributed by atoms with Crippen LogP contribution in [0.4, 0.5) is 0 Å². The number of carbonyl (C=O) groups is 1. The van der Waals surface area contributed by atoms with Crippen molar-refractivity contribution in [1.82, 2.24) is 5.32 Å². The van der Waals surface area contributed by atoms with Crippen LogP contribution in [-0.4, -0.2) is 24.7 Å². The number of aryl methyl sites for hydroxylation is 2. The van der Waals surface area contributed by atoms with Gasteiger partial charge in [-0.15, -0.1) is 0 Å². The molecule has 2 aromatic rings. The van der Waals surface area contributed by atoms with E-state index in [9.17, 15) is 4.79 Å². The summed E-state index contributed by atoms with van der Waals surface area (Å²) in [5.74, 6) is 2.21. The molecule has 0 radical (unpaired) electrons. The molecule has 1 aliphatic heterocycles. The van der Waals surface area contributed by atoms with E-state index in [1.54, 1.807) is 7.11 Å². The largest absolute Gasteiger partial charge is 0.497 e. The van der Waals surface area contributed by atoms with Gasteiger partial charge in [0.05, 0.1) is 13.2 Å². The Hall–Kier alpha value is -2.69. The first-order valence-electron chi connectivity index (χ1n) is 11.3. The highest BCUT2D eigenvalue weighted by Crippen LogP contribution is 2.41. The van der Waals surface area contributed by atoms with E-state index >= 15 is 0 Å². The van der Waals surface area contributed by atoms with Gasteiger partial charge in [0.1, 0.15) is 22.8 Å². The molecule has 0 saturated carbocycles. The summed E-state index contributed by atoms with van der Waals surface area (Å²) in [5, 5.41) is 3.22. The molecular formula is C26H33NO4. The third kappa shape index (κ3) is 4.81. The predicted octanol–water partition coefficient (Wildman–Crippen LogP) is 5.15. The van der Waals surface area contributed by atoms with E-state index in [1.165, 1.54) is 24.0 Å². The van der Waals surface area contributed by atoms with E-state index in [2.05, 4.69) is 17.4 Å². The lowest BCUT2D eigenvalue weighted by Gasteiger charge is -2.38. The fourth-order valence-corrected chi connectivity index (χ4v) is 4.62. The van der Waals surface area contributed by atoms with Gasteiger partial charge >= 0.3 is 0 Å². The zero-order valence-corrected chi connectivity index (χ0v) is 19.0. The number of rotatable bonds is 6. The molecule has 1 heterocycles. The van der Waals surface area contributed by atoms with Crippen LogP contribution in [0.15, 0.2) is 36.4 Å². The number of amides is 1. The molecular weight excluding hydrogens is 390 g/mol. The van der Waals surface area contributed by atoms with Gasteiger partial charge < -0.3 is 19.5 Å². The number of hydrogen-bond acceptors (Lipinski definition) is 4. The Morgan fingerprint density at radius 3 is 2.61 bits per heavy atom. The maximum atomic E-state index is 13.2. The number of methoxy groups -OCH3 is 1. The van der Waals surface area contributed by atoms with Gasteiger partial charge in [-0.25, -0.2) is 0 Å². The quantitative estimate of drug-likeness (QED) is 0.698. The molecule has 166 valence electrons. The lowest BCUT2D eigenvalue weighted by atomic mass is 9.89. The molecule has 0 fully saturated rings. The minimum absolute atomic E-state index is 0.100. The first-order valence-corrected chi connectivity index (χ1v) is 11.3. The van der Waals surface area contributed by atoms with Crippen molar-refractivity contribution in [2.75, 3.05) is 7.11 Å². The molecule has 1 aliphatic carbocycles. The number of carbonyl (C=O) groups excluding carboxylic acids is 1. The van der Waals surface area contributed by atoms with Gasteiger partial charge in [-0.3, -0.25) is 4.79 Å². The zero-order valence-electron chi connectivity index (χ0n) is 19.0. The van der Waals surface area contributed by atoms with Gasteiger partial charge in [0.2, 0.25) is 0 Å². The summed E-state index contributed by atoms with van der Waals surface area (Å²) in [6.07, 6.45) is 5.43. The van der Waals surface area contributed by atoms with Crippen molar-refractivity contribution in [3.63, 3.8) is 0 Å². The van der Waals surface area contributed by atoms with E-state index in [-0.39, 0.29) is 17.6 Å². The summed E-state index contributed by atoms with van der Waals surface area (Å²) in [6.45, 7) is 6.06. The van der Waals surface area contributed by atoms with Crippen LogP contribution in [0, 0.1) is 0 Å². The Balaban J connectivity index is 1.51. The molecule has 0 spiro atoms. The summed E-state index contributed by atoms with van der Waals surface area (Å²) >= 11 is 0. The summed E-state index contributed by atoms with van der Waals surface area (Å²) in [6, 6.07) is 11.8. The van der Waals surface area contributed by atoms with Crippen LogP contribution in [0.5, 0.6) is 17.2 Å². The second kappa shape index (κ2) is 8.81. The Labute approximate surface area is 185 Å². The maximum Gasteiger partial charge on any atom is 0.261 e. The van der Waals surface area contributed by atoms with Crippen molar-refractivity contribution in [3.05, 3.63) is 53.1 Å². The molecule has 0 unspecified atom stereocenters. The smallest absolute Gasteiger partial charge is 0.261 e. The average Bonchev–Trinajstić information content (AvgIpc) is 2.76. The summed E-state index contributed by atoms with van der Waals surface area (Å²) in [5.41, 5.74) is 3.33. The molecule has 0 bridgehead atoms. The van der Waals surface area contributed by atoms with Crippen LogP contribution >= 0.6 is 0 Å². The Morgan fingerprint density at radius 1 is 1.13 bits per heavy atom. The zero-order chi connectivity index (χ0) is 22.0. The monoisotopic (exact) mass is 423 g/mol. The minimum atomic E-state index is -0.540. The van der Waals surface area contributed by atoms with Gasteiger partial charge in [-0.2, -0.15) is 0 Å². The average molecular weight is 424 g/mol. The molecule has 0 aromatic heterocycles. The number of fused-ring (bicyclic) bond motifs is 2. The fraction of sp³-hybridized carbons (Fsp3) is 0.500. The van der Waals surface area contributed by atoms with Crippen molar-refractivity contribution in [3.8, 4) is 17.2 Å². The maximum absolute atomic E-state index is 13.2. The standard InChI is InChI=1S/C26H33NO4/c1-5-23(30-20-11-10-17-8-6-7-9-18(17)14-20)25(28)27-22-16-26(2,3)31-24-13-12-19(29-4)15-21(22)24/h10-15,22-23H,5-9,16H2,1-4H3,(H,27,28)/t22-,23+/m0/s1. The van der Waals surface area contributed by atoms with Crippen molar-refractivity contribution >= 4 is 5.91 Å². The molecule has 2 aliphatic rings. The van der Waals surface area contributed by atoms with E-state index in [0.717, 1.165) is 35.7 Å². The van der Waals surface area contributed by atoms with Gasteiger partial charge in [0.25, 0.3) is 5.91 Å². The minimum Gasteiger partial charge on any atom is -0.497 e. The van der Waals surface area contributed by atoms with Gasteiger partial charge in [-0.05, 0) is 87.4 Å². The Kier molecular flexibility index (Phi) is 6.12. The molecule has 5 heteroatoms. The third-order valence-corrected chi connectivity index (χ3v) is 6.25. The van der Waals surface area contributed by atoms with E-state index < -0.39 is 6.10 Å². The van der Waals surface area contributed by atoms with Crippen LogP contribution in [0.2, 0.25) is 0 Å². The summed E-state index contributed by atoms with van der Waals surface area (Å²) in [7, 11) is 1.64. The third-order valence-electron chi connectivity index (χ3n) is 6.25. The number of benzene rings is 2. The van der Waals surface area contributed by atoms with E-state index in [1.807, 2.05) is 45.0 Å². The molecule has 4 rings (SSSR count). The fourth-order valence-electron chi connectivity index (χ4n) is 4.62. The Morgan fingerprint density at radius 2 is 1.87 bits per heavy atom. The lowest BCUT2D eigenvalue weighted by molar-refractivity contribution is -0.129. The Bertz CT molecular complexity index is 952. The molecule has 5 nitrogen and oxygen atoms in total. The highest BCUT2D eigenvalue weighted by Gasteiger charge is 2.36. The van der Waals surface area contributed by atoms with Gasteiger partial charge in [0.15, 0.2) is 6.10 Å². The van der Waals surface area contributed by atoms with Crippen LogP contribution < -0.4 is 19.5 Å². The SMILES string of the molecule is CC[C@@H](Oc1ccc2c(c1)CCCC2)C(=O)N[C@H]1CC(C)(C)Oc2ccc(OC)cc21. The van der Waals surface area contributed by atoms with Crippen LogP contribution in [-0.2, 0) is 17.6 Å². The van der Waals surface area contributed by atoms with Crippen molar-refractivity contribution in [1.29, 1.82) is 0 Å². The predicted molar refractivity (Wildman–Crippen MR) is 121 cm³/mol. The second-order valence-electron chi connectivity index (χ2n) is 9.18. The number of hydrogen-bond donors (Lipinski definition) is 1. The molecule has 2 aromatic carbocycles. The molecule has 1 amide bonds. The highest BCUT2D eigenvalue weighted by molar-refractivity contribution is 5.81. The lowest BCUT2D eigenvalue weighted by Crippen LogP contribution is -2.45. The van der Waals surface area contributed by atoms with Crippen LogP contribution in [0.3, 0.4) is 0 Å². The topological polar surface area (TPSA) is 56.8 Å². The normalized spacial score (nSPS) is 19.9. The molecule has 2 atom stereocenters. The second-order valence-corrected chi connectivity index (χ2v) is 9.18. The number of ether oxygens (including phenoxy) is 3. The summed E-state index contributed by atoms with van der Waals surface area (Å²) < 4.78 is 17.7. The van der Waals surface area contributed by atoms with Gasteiger partial charge in [0, 0.05) is 12.0 Å². The van der Waals surface area contributed by atoms with Gasteiger partial charge in [-0.1, -0.05) is 13.0 Å².